The van der Waals surface area contributed by atoms with Crippen LogP contribution in [0, 0.1) is 5.92 Å². The Hall–Kier alpha value is -0.280. The highest BCUT2D eigenvalue weighted by molar-refractivity contribution is 5.85. The molecule has 0 aromatic heterocycles. The number of halogens is 1. The number of carbonyl (C=O) groups excluding carboxylic acids is 1. The summed E-state index contributed by atoms with van der Waals surface area (Å²) in [6.07, 6.45) is 11.1. The molecule has 2 aliphatic rings. The maximum absolute atomic E-state index is 11.6. The van der Waals surface area contributed by atoms with Crippen LogP contribution in [0.5, 0.6) is 0 Å². The highest BCUT2D eigenvalue weighted by Crippen LogP contribution is 2.28. The molecule has 1 heterocycles. The van der Waals surface area contributed by atoms with Crippen molar-refractivity contribution >= 4 is 18.3 Å². The molecule has 1 saturated carbocycles. The number of hydrogen-bond donors (Lipinski definition) is 2. The normalized spacial score (nSPS) is 23.9. The lowest BCUT2D eigenvalue weighted by Gasteiger charge is -2.12. The lowest BCUT2D eigenvalue weighted by Crippen LogP contribution is -2.37. The third-order valence-corrected chi connectivity index (χ3v) is 4.20. The van der Waals surface area contributed by atoms with Crippen LogP contribution in [0.3, 0.4) is 0 Å². The molecule has 0 spiro atoms. The molecule has 1 aliphatic carbocycles. The molecular weight excluding hydrogens is 248 g/mol. The zero-order chi connectivity index (χ0) is 11.9. The van der Waals surface area contributed by atoms with Crippen LogP contribution in [-0.4, -0.2) is 25.0 Å². The van der Waals surface area contributed by atoms with Crippen molar-refractivity contribution < 1.29 is 4.79 Å². The zero-order valence-corrected chi connectivity index (χ0v) is 12.1. The topological polar surface area (TPSA) is 41.1 Å². The predicted octanol–water partition coefficient (Wildman–Crippen LogP) is 2.64. The summed E-state index contributed by atoms with van der Waals surface area (Å²) >= 11 is 0. The number of amides is 1. The second-order valence-corrected chi connectivity index (χ2v) is 5.64. The van der Waals surface area contributed by atoms with Gasteiger partial charge in [-0.15, -0.1) is 12.4 Å². The first kappa shape index (κ1) is 15.8. The zero-order valence-electron chi connectivity index (χ0n) is 11.2. The van der Waals surface area contributed by atoms with E-state index < -0.39 is 0 Å². The maximum atomic E-state index is 11.6. The molecule has 1 atom stereocenters. The monoisotopic (exact) mass is 274 g/mol. The quantitative estimate of drug-likeness (QED) is 0.782. The summed E-state index contributed by atoms with van der Waals surface area (Å²) in [5, 5.41) is 6.45. The largest absolute Gasteiger partial charge is 0.355 e. The summed E-state index contributed by atoms with van der Waals surface area (Å²) < 4.78 is 0. The first-order valence-corrected chi connectivity index (χ1v) is 7.34. The molecule has 0 aromatic rings. The van der Waals surface area contributed by atoms with E-state index in [0.717, 1.165) is 31.8 Å². The minimum Gasteiger partial charge on any atom is -0.355 e. The first-order chi connectivity index (χ1) is 8.34. The number of rotatable bonds is 6. The predicted molar refractivity (Wildman–Crippen MR) is 77.1 cm³/mol. The van der Waals surface area contributed by atoms with Crippen LogP contribution in [0.1, 0.15) is 57.8 Å². The Balaban J connectivity index is 0.00000162. The van der Waals surface area contributed by atoms with E-state index >= 15 is 0 Å². The Morgan fingerprint density at radius 3 is 2.61 bits per heavy atom. The molecule has 2 N–H and O–H groups in total. The molecule has 4 heteroatoms. The van der Waals surface area contributed by atoms with Gasteiger partial charge in [0.2, 0.25) is 5.91 Å². The molecular formula is C14H27ClN2O. The van der Waals surface area contributed by atoms with Crippen molar-refractivity contribution in [3.63, 3.8) is 0 Å². The van der Waals surface area contributed by atoms with Gasteiger partial charge in [0.25, 0.3) is 0 Å². The van der Waals surface area contributed by atoms with Gasteiger partial charge in [-0.3, -0.25) is 4.79 Å². The molecule has 3 nitrogen and oxygen atoms in total. The van der Waals surface area contributed by atoms with Gasteiger partial charge in [0.1, 0.15) is 0 Å². The van der Waals surface area contributed by atoms with Gasteiger partial charge >= 0.3 is 0 Å². The number of carbonyl (C=O) groups is 1. The average molecular weight is 275 g/mol. The lowest BCUT2D eigenvalue weighted by atomic mass is 10.0. The van der Waals surface area contributed by atoms with Crippen molar-refractivity contribution in [3.8, 4) is 0 Å². The highest BCUT2D eigenvalue weighted by Gasteiger charge is 2.16. The lowest BCUT2D eigenvalue weighted by molar-refractivity contribution is -0.121. The van der Waals surface area contributed by atoms with Crippen molar-refractivity contribution in [1.29, 1.82) is 0 Å². The van der Waals surface area contributed by atoms with Crippen LogP contribution in [0.4, 0.5) is 0 Å². The fourth-order valence-corrected chi connectivity index (χ4v) is 3.11. The van der Waals surface area contributed by atoms with Gasteiger partial charge in [0.15, 0.2) is 0 Å². The van der Waals surface area contributed by atoms with Gasteiger partial charge in [0.05, 0.1) is 0 Å². The summed E-state index contributed by atoms with van der Waals surface area (Å²) in [6.45, 7) is 1.93. The fraction of sp³-hybridized carbons (Fsp3) is 0.929. The van der Waals surface area contributed by atoms with E-state index in [9.17, 15) is 4.79 Å². The molecule has 1 unspecified atom stereocenters. The Labute approximate surface area is 117 Å². The molecule has 1 saturated heterocycles. The van der Waals surface area contributed by atoms with Crippen LogP contribution in [0.25, 0.3) is 0 Å². The summed E-state index contributed by atoms with van der Waals surface area (Å²) in [4.78, 5) is 11.6. The molecule has 1 aliphatic heterocycles. The van der Waals surface area contributed by atoms with Gasteiger partial charge in [0, 0.05) is 19.0 Å². The van der Waals surface area contributed by atoms with Crippen molar-refractivity contribution in [1.82, 2.24) is 10.6 Å². The van der Waals surface area contributed by atoms with Gasteiger partial charge in [-0.05, 0) is 38.1 Å². The van der Waals surface area contributed by atoms with Crippen LogP contribution < -0.4 is 10.6 Å². The van der Waals surface area contributed by atoms with Crippen molar-refractivity contribution in [2.45, 2.75) is 63.8 Å². The van der Waals surface area contributed by atoms with E-state index in [1.54, 1.807) is 0 Å². The molecule has 0 aromatic carbocycles. The second-order valence-electron chi connectivity index (χ2n) is 5.64. The Morgan fingerprint density at radius 2 is 1.94 bits per heavy atom. The van der Waals surface area contributed by atoms with E-state index in [2.05, 4.69) is 10.6 Å². The van der Waals surface area contributed by atoms with Gasteiger partial charge in [-0.25, -0.2) is 0 Å². The van der Waals surface area contributed by atoms with Crippen LogP contribution in [-0.2, 0) is 4.79 Å². The molecule has 18 heavy (non-hydrogen) atoms. The Kier molecular flexibility index (Phi) is 7.68. The SMILES string of the molecule is Cl.O=C(CCCC1CCCC1)NCC1CCCN1. The van der Waals surface area contributed by atoms with Crippen LogP contribution in [0.15, 0.2) is 0 Å². The minimum absolute atomic E-state index is 0. The number of nitrogens with one attached hydrogen (secondary N) is 2. The highest BCUT2D eigenvalue weighted by atomic mass is 35.5. The molecule has 106 valence electrons. The molecule has 0 radical (unpaired) electrons. The summed E-state index contributed by atoms with van der Waals surface area (Å²) in [5.41, 5.74) is 0. The average Bonchev–Trinajstić information content (AvgIpc) is 2.99. The minimum atomic E-state index is 0. The molecule has 1 amide bonds. The molecule has 2 fully saturated rings. The fourth-order valence-electron chi connectivity index (χ4n) is 3.11. The Bertz CT molecular complexity index is 236. The van der Waals surface area contributed by atoms with E-state index in [-0.39, 0.29) is 18.3 Å². The summed E-state index contributed by atoms with van der Waals surface area (Å²) in [6, 6.07) is 0.522. The smallest absolute Gasteiger partial charge is 0.220 e. The van der Waals surface area contributed by atoms with E-state index in [0.29, 0.717) is 6.04 Å². The molecule has 2 rings (SSSR count). The van der Waals surface area contributed by atoms with Crippen molar-refractivity contribution in [2.24, 2.45) is 5.92 Å². The van der Waals surface area contributed by atoms with Crippen molar-refractivity contribution in [2.75, 3.05) is 13.1 Å². The van der Waals surface area contributed by atoms with Gasteiger partial charge in [-0.1, -0.05) is 25.7 Å². The van der Waals surface area contributed by atoms with Crippen LogP contribution in [0.2, 0.25) is 0 Å². The van der Waals surface area contributed by atoms with Crippen LogP contribution >= 0.6 is 12.4 Å². The third kappa shape index (κ3) is 5.57. The van der Waals surface area contributed by atoms with Gasteiger partial charge < -0.3 is 10.6 Å². The summed E-state index contributed by atoms with van der Waals surface area (Å²) in [5.74, 6) is 1.16. The first-order valence-electron chi connectivity index (χ1n) is 7.34. The standard InChI is InChI=1S/C14H26N2O.ClH/c17-14(16-11-13-8-4-10-15-13)9-3-7-12-5-1-2-6-12;/h12-13,15H,1-11H2,(H,16,17);1H. The second kappa shape index (κ2) is 8.76. The summed E-state index contributed by atoms with van der Waals surface area (Å²) in [7, 11) is 0. The third-order valence-electron chi connectivity index (χ3n) is 4.20. The molecule has 0 bridgehead atoms. The van der Waals surface area contributed by atoms with E-state index in [1.807, 2.05) is 0 Å². The van der Waals surface area contributed by atoms with E-state index in [4.69, 9.17) is 0 Å². The van der Waals surface area contributed by atoms with Gasteiger partial charge in [-0.2, -0.15) is 0 Å². The maximum Gasteiger partial charge on any atom is 0.220 e. The van der Waals surface area contributed by atoms with Crippen molar-refractivity contribution in [3.05, 3.63) is 0 Å². The van der Waals surface area contributed by atoms with E-state index in [1.165, 1.54) is 44.9 Å². The Morgan fingerprint density at radius 1 is 1.17 bits per heavy atom. The number of hydrogen-bond acceptors (Lipinski definition) is 2.